The molecule has 0 spiro atoms. The molecule has 162 valence electrons. The third kappa shape index (κ3) is 4.67. The first-order chi connectivity index (χ1) is 14.4. The van der Waals surface area contributed by atoms with Crippen LogP contribution in [0.25, 0.3) is 0 Å². The number of benzene rings is 1. The average Bonchev–Trinajstić information content (AvgIpc) is 2.77. The zero-order valence-electron chi connectivity index (χ0n) is 17.4. The third-order valence-corrected chi connectivity index (χ3v) is 7.05. The molecule has 1 fully saturated rings. The van der Waals surface area contributed by atoms with Gasteiger partial charge < -0.3 is 14.8 Å². The minimum Gasteiger partial charge on any atom is -0.486 e. The highest BCUT2D eigenvalue weighted by Crippen LogP contribution is 2.37. The van der Waals surface area contributed by atoms with Gasteiger partial charge >= 0.3 is 0 Å². The van der Waals surface area contributed by atoms with E-state index in [1.807, 2.05) is 18.2 Å². The molecule has 0 bridgehead atoms. The van der Waals surface area contributed by atoms with Crippen LogP contribution in [0.4, 0.5) is 5.82 Å². The van der Waals surface area contributed by atoms with Crippen molar-refractivity contribution < 1.29 is 17.9 Å². The predicted octanol–water partition coefficient (Wildman–Crippen LogP) is 2.60. The Morgan fingerprint density at radius 2 is 1.97 bits per heavy atom. The van der Waals surface area contributed by atoms with Gasteiger partial charge in [0.25, 0.3) is 0 Å². The second-order valence-corrected chi connectivity index (χ2v) is 9.90. The van der Waals surface area contributed by atoms with Crippen molar-refractivity contribution in [2.75, 3.05) is 44.4 Å². The molecule has 1 aromatic carbocycles. The molecule has 8 nitrogen and oxygen atoms in total. The summed E-state index contributed by atoms with van der Waals surface area (Å²) in [7, 11) is -3.12. The van der Waals surface area contributed by atoms with Gasteiger partial charge in [-0.3, -0.25) is 0 Å². The van der Waals surface area contributed by atoms with Crippen LogP contribution in [0.3, 0.4) is 0 Å². The number of nitrogens with one attached hydrogen (secondary N) is 1. The number of aromatic nitrogens is 2. The number of fused-ring (bicyclic) bond motifs is 1. The average molecular weight is 433 g/mol. The van der Waals surface area contributed by atoms with E-state index >= 15 is 0 Å². The fraction of sp³-hybridized carbons (Fsp3) is 0.524. The van der Waals surface area contributed by atoms with Crippen molar-refractivity contribution in [3.63, 3.8) is 0 Å². The number of rotatable bonds is 6. The molecule has 4 rings (SSSR count). The summed E-state index contributed by atoms with van der Waals surface area (Å²) in [6.45, 7) is 5.06. The lowest BCUT2D eigenvalue weighted by molar-refractivity contribution is 0.169. The van der Waals surface area contributed by atoms with Gasteiger partial charge in [0.2, 0.25) is 10.0 Å². The molecule has 1 N–H and O–H groups in total. The van der Waals surface area contributed by atoms with E-state index in [-0.39, 0.29) is 11.8 Å². The van der Waals surface area contributed by atoms with Crippen LogP contribution in [0.1, 0.15) is 42.9 Å². The molecule has 0 radical (unpaired) electrons. The van der Waals surface area contributed by atoms with Crippen LogP contribution < -0.4 is 14.8 Å². The second kappa shape index (κ2) is 8.77. The molecule has 2 aromatic rings. The first kappa shape index (κ1) is 20.9. The number of hydrogen-bond donors (Lipinski definition) is 1. The normalized spacial score (nSPS) is 18.7. The van der Waals surface area contributed by atoms with Gasteiger partial charge in [-0.1, -0.05) is 19.1 Å². The topological polar surface area (TPSA) is 93.7 Å². The first-order valence-corrected chi connectivity index (χ1v) is 12.2. The molecule has 3 heterocycles. The molecule has 30 heavy (non-hydrogen) atoms. The van der Waals surface area contributed by atoms with Crippen LogP contribution in [0, 0.1) is 0 Å². The number of piperidine rings is 1. The standard InChI is InChI=1S/C21H28N4O4S/c1-15(17-4-3-5-19-21(17)29-11-10-28-19)13-22-20-12-18(23-14-24-20)16-6-8-25(9-7-16)30(2,26)27/h3-5,12,14-16H,6-11,13H2,1-2H3,(H,22,23,24)/t15-/m1/s1. The Kier molecular flexibility index (Phi) is 6.10. The summed E-state index contributed by atoms with van der Waals surface area (Å²) in [6.07, 6.45) is 4.38. The smallest absolute Gasteiger partial charge is 0.211 e. The lowest BCUT2D eigenvalue weighted by atomic mass is 9.94. The summed E-state index contributed by atoms with van der Waals surface area (Å²) < 4.78 is 36.5. The van der Waals surface area contributed by atoms with E-state index in [4.69, 9.17) is 9.47 Å². The molecule has 9 heteroatoms. The summed E-state index contributed by atoms with van der Waals surface area (Å²) in [5, 5.41) is 3.41. The molecule has 1 aromatic heterocycles. The Labute approximate surface area is 177 Å². The number of ether oxygens (including phenoxy) is 2. The summed E-state index contributed by atoms with van der Waals surface area (Å²) in [5.41, 5.74) is 2.07. The highest BCUT2D eigenvalue weighted by Gasteiger charge is 2.27. The van der Waals surface area contributed by atoms with Crippen LogP contribution in [0.5, 0.6) is 11.5 Å². The van der Waals surface area contributed by atoms with E-state index in [0.717, 1.165) is 41.4 Å². The van der Waals surface area contributed by atoms with Crippen LogP contribution in [-0.4, -0.2) is 61.8 Å². The number of hydrogen-bond acceptors (Lipinski definition) is 7. The number of nitrogens with zero attached hydrogens (tertiary/aromatic N) is 3. The largest absolute Gasteiger partial charge is 0.486 e. The van der Waals surface area contributed by atoms with Crippen LogP contribution in [0.15, 0.2) is 30.6 Å². The molecule has 0 aliphatic carbocycles. The maximum absolute atomic E-state index is 11.7. The fourth-order valence-corrected chi connectivity index (χ4v) is 4.90. The fourth-order valence-electron chi connectivity index (χ4n) is 4.03. The summed E-state index contributed by atoms with van der Waals surface area (Å²) in [6, 6.07) is 7.98. The Morgan fingerprint density at radius 3 is 2.73 bits per heavy atom. The SMILES string of the molecule is C[C@H](CNc1cc(C2CCN(S(C)(=O)=O)CC2)ncn1)c1cccc2c1OCCO2. The zero-order valence-corrected chi connectivity index (χ0v) is 18.2. The number of anilines is 1. The van der Waals surface area contributed by atoms with E-state index in [9.17, 15) is 8.42 Å². The molecular weight excluding hydrogens is 404 g/mol. The van der Waals surface area contributed by atoms with Gasteiger partial charge in [-0.25, -0.2) is 22.7 Å². The Bertz CT molecular complexity index is 990. The summed E-state index contributed by atoms with van der Waals surface area (Å²) in [4.78, 5) is 8.79. The molecule has 0 saturated carbocycles. The summed E-state index contributed by atoms with van der Waals surface area (Å²) in [5.74, 6) is 2.86. The summed E-state index contributed by atoms with van der Waals surface area (Å²) >= 11 is 0. The maximum Gasteiger partial charge on any atom is 0.211 e. The lowest BCUT2D eigenvalue weighted by Gasteiger charge is -2.29. The third-order valence-electron chi connectivity index (χ3n) is 5.75. The van der Waals surface area contributed by atoms with E-state index in [2.05, 4.69) is 28.3 Å². The molecule has 0 unspecified atom stereocenters. The van der Waals surface area contributed by atoms with Gasteiger partial charge in [0.1, 0.15) is 25.4 Å². The van der Waals surface area contributed by atoms with Gasteiger partial charge in [0.05, 0.1) is 6.26 Å². The monoisotopic (exact) mass is 432 g/mol. The molecule has 2 aliphatic rings. The lowest BCUT2D eigenvalue weighted by Crippen LogP contribution is -2.37. The first-order valence-electron chi connectivity index (χ1n) is 10.3. The second-order valence-electron chi connectivity index (χ2n) is 7.92. The predicted molar refractivity (Wildman–Crippen MR) is 115 cm³/mol. The molecule has 0 amide bonds. The van der Waals surface area contributed by atoms with Crippen molar-refractivity contribution in [2.45, 2.75) is 31.6 Å². The van der Waals surface area contributed by atoms with E-state index in [1.165, 1.54) is 10.6 Å². The quantitative estimate of drug-likeness (QED) is 0.750. The Balaban J connectivity index is 1.39. The van der Waals surface area contributed by atoms with Gasteiger partial charge in [-0.05, 0) is 18.9 Å². The Hall–Kier alpha value is -2.39. The van der Waals surface area contributed by atoms with Crippen molar-refractivity contribution in [1.82, 2.24) is 14.3 Å². The van der Waals surface area contributed by atoms with Gasteiger partial charge in [0.15, 0.2) is 11.5 Å². The van der Waals surface area contributed by atoms with Gasteiger partial charge in [0, 0.05) is 48.8 Å². The van der Waals surface area contributed by atoms with Crippen LogP contribution in [-0.2, 0) is 10.0 Å². The highest BCUT2D eigenvalue weighted by molar-refractivity contribution is 7.88. The van der Waals surface area contributed by atoms with Crippen molar-refractivity contribution in [2.24, 2.45) is 0 Å². The van der Waals surface area contributed by atoms with E-state index < -0.39 is 10.0 Å². The zero-order chi connectivity index (χ0) is 21.1. The van der Waals surface area contributed by atoms with E-state index in [0.29, 0.717) is 32.8 Å². The highest BCUT2D eigenvalue weighted by atomic mass is 32.2. The van der Waals surface area contributed by atoms with Crippen molar-refractivity contribution in [3.8, 4) is 11.5 Å². The minimum absolute atomic E-state index is 0.207. The Morgan fingerprint density at radius 1 is 1.20 bits per heavy atom. The number of para-hydroxylation sites is 1. The van der Waals surface area contributed by atoms with Gasteiger partial charge in [-0.15, -0.1) is 0 Å². The molecule has 2 aliphatic heterocycles. The van der Waals surface area contributed by atoms with Crippen molar-refractivity contribution in [3.05, 3.63) is 41.9 Å². The molecule has 1 atom stereocenters. The van der Waals surface area contributed by atoms with Crippen LogP contribution >= 0.6 is 0 Å². The minimum atomic E-state index is -3.12. The maximum atomic E-state index is 11.7. The van der Waals surface area contributed by atoms with Crippen molar-refractivity contribution >= 4 is 15.8 Å². The van der Waals surface area contributed by atoms with Crippen LogP contribution in [0.2, 0.25) is 0 Å². The van der Waals surface area contributed by atoms with Crippen molar-refractivity contribution in [1.29, 1.82) is 0 Å². The molecular formula is C21H28N4O4S. The van der Waals surface area contributed by atoms with E-state index in [1.54, 1.807) is 6.33 Å². The number of sulfonamides is 1. The molecule has 1 saturated heterocycles. The van der Waals surface area contributed by atoms with Gasteiger partial charge in [-0.2, -0.15) is 0 Å².